The van der Waals surface area contributed by atoms with Crippen LogP contribution in [-0.2, 0) is 0 Å². The molecule has 5 heteroatoms. The summed E-state index contributed by atoms with van der Waals surface area (Å²) in [5.74, 6) is 0.692. The number of nitrogens with one attached hydrogen (secondary N) is 1. The van der Waals surface area contributed by atoms with Gasteiger partial charge in [-0.3, -0.25) is 4.99 Å². The van der Waals surface area contributed by atoms with Crippen molar-refractivity contribution in [1.82, 2.24) is 9.97 Å². The number of hydrogen-bond donors (Lipinski definition) is 1. The van der Waals surface area contributed by atoms with Crippen molar-refractivity contribution in [1.29, 1.82) is 0 Å². The smallest absolute Gasteiger partial charge is 0.149 e. The van der Waals surface area contributed by atoms with Crippen LogP contribution in [0.3, 0.4) is 0 Å². The highest BCUT2D eigenvalue weighted by atomic mass is 35.5. The second kappa shape index (κ2) is 5.03. The molecule has 0 radical (unpaired) electrons. The van der Waals surface area contributed by atoms with E-state index in [1.165, 1.54) is 0 Å². The molecular formula is C14H9Cl2N3. The molecule has 0 fully saturated rings. The Bertz CT molecular complexity index is 709. The Morgan fingerprint density at radius 2 is 1.79 bits per heavy atom. The molecule has 0 saturated carbocycles. The van der Waals surface area contributed by atoms with E-state index in [0.717, 1.165) is 11.0 Å². The minimum atomic E-state index is 0.559. The van der Waals surface area contributed by atoms with E-state index in [4.69, 9.17) is 23.2 Å². The fourth-order valence-corrected chi connectivity index (χ4v) is 2.30. The molecule has 94 valence electrons. The van der Waals surface area contributed by atoms with E-state index in [1.807, 2.05) is 24.3 Å². The van der Waals surface area contributed by atoms with E-state index in [2.05, 4.69) is 15.0 Å². The first kappa shape index (κ1) is 12.2. The fourth-order valence-electron chi connectivity index (χ4n) is 1.78. The number of fused-ring (bicyclic) bond motifs is 1. The summed E-state index contributed by atoms with van der Waals surface area (Å²) in [7, 11) is 0. The molecule has 0 aliphatic heterocycles. The van der Waals surface area contributed by atoms with Gasteiger partial charge in [-0.15, -0.1) is 0 Å². The van der Waals surface area contributed by atoms with Crippen LogP contribution in [0.4, 0.5) is 5.69 Å². The van der Waals surface area contributed by atoms with Crippen LogP contribution in [-0.4, -0.2) is 16.2 Å². The summed E-state index contributed by atoms with van der Waals surface area (Å²) in [5, 5.41) is 1.12. The number of hydrogen-bond acceptors (Lipinski definition) is 2. The summed E-state index contributed by atoms with van der Waals surface area (Å²) in [6.45, 7) is 0. The highest BCUT2D eigenvalue weighted by molar-refractivity contribution is 6.35. The van der Waals surface area contributed by atoms with Crippen molar-refractivity contribution >= 4 is 46.1 Å². The molecule has 19 heavy (non-hydrogen) atoms. The standard InChI is InChI=1S/C14H9Cl2N3/c15-9-5-10(16)7-11(6-9)17-8-14-18-12-3-1-2-4-13(12)19-14/h1-8H,(H,18,19). The van der Waals surface area contributed by atoms with E-state index in [-0.39, 0.29) is 0 Å². The zero-order valence-corrected chi connectivity index (χ0v) is 11.3. The molecule has 0 atom stereocenters. The molecule has 2 aromatic carbocycles. The second-order valence-electron chi connectivity index (χ2n) is 4.03. The van der Waals surface area contributed by atoms with E-state index in [9.17, 15) is 0 Å². The van der Waals surface area contributed by atoms with Crippen LogP contribution in [0, 0.1) is 0 Å². The molecular weight excluding hydrogens is 281 g/mol. The van der Waals surface area contributed by atoms with Gasteiger partial charge in [0.15, 0.2) is 0 Å². The molecule has 0 aliphatic carbocycles. The van der Waals surface area contributed by atoms with Gasteiger partial charge in [-0.2, -0.15) is 0 Å². The minimum Gasteiger partial charge on any atom is -0.337 e. The van der Waals surface area contributed by atoms with Gasteiger partial charge < -0.3 is 4.98 Å². The topological polar surface area (TPSA) is 41.0 Å². The molecule has 0 bridgehead atoms. The van der Waals surface area contributed by atoms with Crippen LogP contribution < -0.4 is 0 Å². The monoisotopic (exact) mass is 289 g/mol. The Morgan fingerprint density at radius 1 is 1.05 bits per heavy atom. The number of nitrogens with zero attached hydrogens (tertiary/aromatic N) is 2. The molecule has 0 saturated heterocycles. The summed E-state index contributed by atoms with van der Waals surface area (Å²) < 4.78 is 0. The van der Waals surface area contributed by atoms with Gasteiger partial charge >= 0.3 is 0 Å². The molecule has 3 nitrogen and oxygen atoms in total. The summed E-state index contributed by atoms with van der Waals surface area (Å²) in [6.07, 6.45) is 1.65. The van der Waals surface area contributed by atoms with Crippen LogP contribution in [0.1, 0.15) is 5.82 Å². The predicted molar refractivity (Wildman–Crippen MR) is 79.8 cm³/mol. The molecule has 3 aromatic rings. The van der Waals surface area contributed by atoms with Crippen molar-refractivity contribution in [3.63, 3.8) is 0 Å². The Balaban J connectivity index is 1.93. The molecule has 1 N–H and O–H groups in total. The van der Waals surface area contributed by atoms with Gasteiger partial charge in [-0.05, 0) is 30.3 Å². The third kappa shape index (κ3) is 2.78. The molecule has 1 heterocycles. The van der Waals surface area contributed by atoms with Crippen molar-refractivity contribution in [2.45, 2.75) is 0 Å². The third-order valence-electron chi connectivity index (χ3n) is 2.59. The molecule has 0 aliphatic rings. The SMILES string of the molecule is Clc1cc(Cl)cc(N=Cc2nc3ccccc3[nH]2)c1. The summed E-state index contributed by atoms with van der Waals surface area (Å²) >= 11 is 11.8. The lowest BCUT2D eigenvalue weighted by molar-refractivity contribution is 1.30. The van der Waals surface area contributed by atoms with Crippen LogP contribution in [0.5, 0.6) is 0 Å². The van der Waals surface area contributed by atoms with Crippen molar-refractivity contribution in [2.75, 3.05) is 0 Å². The maximum atomic E-state index is 5.91. The molecule has 3 rings (SSSR count). The Hall–Kier alpha value is -1.84. The molecule has 1 aromatic heterocycles. The maximum absolute atomic E-state index is 5.91. The van der Waals surface area contributed by atoms with E-state index >= 15 is 0 Å². The van der Waals surface area contributed by atoms with Gasteiger partial charge in [0.05, 0.1) is 22.9 Å². The average molecular weight is 290 g/mol. The van der Waals surface area contributed by atoms with Crippen molar-refractivity contribution in [2.24, 2.45) is 4.99 Å². The van der Waals surface area contributed by atoms with Gasteiger partial charge in [0.1, 0.15) is 5.82 Å². The van der Waals surface area contributed by atoms with Gasteiger partial charge in [0.25, 0.3) is 0 Å². The maximum Gasteiger partial charge on any atom is 0.149 e. The lowest BCUT2D eigenvalue weighted by Crippen LogP contribution is -1.82. The highest BCUT2D eigenvalue weighted by Gasteiger charge is 2.00. The van der Waals surface area contributed by atoms with Crippen LogP contribution in [0.25, 0.3) is 11.0 Å². The summed E-state index contributed by atoms with van der Waals surface area (Å²) in [6, 6.07) is 13.0. The zero-order valence-electron chi connectivity index (χ0n) is 9.77. The van der Waals surface area contributed by atoms with Crippen LogP contribution in [0.15, 0.2) is 47.5 Å². The lowest BCUT2D eigenvalue weighted by Gasteiger charge is -1.95. The normalized spacial score (nSPS) is 11.5. The number of halogens is 2. The first-order valence-electron chi connectivity index (χ1n) is 5.66. The van der Waals surface area contributed by atoms with Crippen LogP contribution in [0.2, 0.25) is 10.0 Å². The number of H-pyrrole nitrogens is 1. The Kier molecular flexibility index (Phi) is 3.23. The molecule has 0 unspecified atom stereocenters. The minimum absolute atomic E-state index is 0.559. The summed E-state index contributed by atoms with van der Waals surface area (Å²) in [5.41, 5.74) is 2.58. The van der Waals surface area contributed by atoms with E-state index in [1.54, 1.807) is 24.4 Å². The second-order valence-corrected chi connectivity index (χ2v) is 4.90. The van der Waals surface area contributed by atoms with Crippen molar-refractivity contribution < 1.29 is 0 Å². The average Bonchev–Trinajstić information content (AvgIpc) is 2.78. The Morgan fingerprint density at radius 3 is 2.53 bits per heavy atom. The predicted octanol–water partition coefficient (Wildman–Crippen LogP) is 4.62. The number of aromatic amines is 1. The van der Waals surface area contributed by atoms with Gasteiger partial charge in [-0.1, -0.05) is 35.3 Å². The van der Waals surface area contributed by atoms with E-state index in [0.29, 0.717) is 21.6 Å². The fraction of sp³-hybridized carbons (Fsp3) is 0. The van der Waals surface area contributed by atoms with E-state index < -0.39 is 0 Å². The molecule has 0 amide bonds. The number of benzene rings is 2. The molecule has 0 spiro atoms. The number of imidazole rings is 1. The van der Waals surface area contributed by atoms with Crippen molar-refractivity contribution in [3.05, 3.63) is 58.3 Å². The zero-order chi connectivity index (χ0) is 13.2. The first-order chi connectivity index (χ1) is 9.20. The quantitative estimate of drug-likeness (QED) is 0.687. The Labute approximate surface area is 119 Å². The number of para-hydroxylation sites is 2. The number of rotatable bonds is 2. The largest absolute Gasteiger partial charge is 0.337 e. The number of aliphatic imine (C=N–C) groups is 1. The third-order valence-corrected chi connectivity index (χ3v) is 3.03. The first-order valence-corrected chi connectivity index (χ1v) is 6.41. The van der Waals surface area contributed by atoms with Gasteiger partial charge in [0, 0.05) is 10.0 Å². The number of aromatic nitrogens is 2. The van der Waals surface area contributed by atoms with Crippen LogP contribution >= 0.6 is 23.2 Å². The van der Waals surface area contributed by atoms with Crippen molar-refractivity contribution in [3.8, 4) is 0 Å². The summed E-state index contributed by atoms with van der Waals surface area (Å²) in [4.78, 5) is 11.9. The van der Waals surface area contributed by atoms with Gasteiger partial charge in [-0.25, -0.2) is 4.98 Å². The van der Waals surface area contributed by atoms with Gasteiger partial charge in [0.2, 0.25) is 0 Å². The lowest BCUT2D eigenvalue weighted by atomic mass is 10.3. The highest BCUT2D eigenvalue weighted by Crippen LogP contribution is 2.24.